The number of rotatable bonds is 2. The SMILES string of the molecule is CCCC1CC2CCCC(C1)N2C(=O)OC(C)(C)C. The van der Waals surface area contributed by atoms with Gasteiger partial charge in [0.1, 0.15) is 5.60 Å². The van der Waals surface area contributed by atoms with Gasteiger partial charge in [0.05, 0.1) is 0 Å². The van der Waals surface area contributed by atoms with Crippen molar-refractivity contribution >= 4 is 6.09 Å². The molecule has 0 radical (unpaired) electrons. The molecule has 3 heteroatoms. The molecule has 2 rings (SSSR count). The van der Waals surface area contributed by atoms with E-state index in [1.165, 1.54) is 32.1 Å². The van der Waals surface area contributed by atoms with Gasteiger partial charge in [0.15, 0.2) is 0 Å². The first-order valence-corrected chi connectivity index (χ1v) is 7.92. The van der Waals surface area contributed by atoms with Crippen LogP contribution in [-0.4, -0.2) is 28.7 Å². The molecule has 0 aliphatic carbocycles. The molecule has 2 aliphatic heterocycles. The molecule has 0 aromatic rings. The van der Waals surface area contributed by atoms with Crippen molar-refractivity contribution in [3.8, 4) is 0 Å². The summed E-state index contributed by atoms with van der Waals surface area (Å²) in [4.78, 5) is 14.5. The maximum absolute atomic E-state index is 12.4. The predicted octanol–water partition coefficient (Wildman–Crippen LogP) is 4.35. The number of piperidine rings is 2. The molecule has 2 fully saturated rings. The first-order chi connectivity index (χ1) is 8.90. The Morgan fingerprint density at radius 3 is 2.26 bits per heavy atom. The molecule has 0 aromatic heterocycles. The molecule has 2 aliphatic rings. The van der Waals surface area contributed by atoms with Crippen molar-refractivity contribution in [3.05, 3.63) is 0 Å². The van der Waals surface area contributed by atoms with E-state index in [9.17, 15) is 4.79 Å². The minimum atomic E-state index is -0.383. The van der Waals surface area contributed by atoms with Gasteiger partial charge in [0.25, 0.3) is 0 Å². The molecular weight excluding hydrogens is 238 g/mol. The van der Waals surface area contributed by atoms with Gasteiger partial charge in [-0.05, 0) is 58.8 Å². The summed E-state index contributed by atoms with van der Waals surface area (Å²) in [5, 5.41) is 0. The van der Waals surface area contributed by atoms with Gasteiger partial charge in [-0.3, -0.25) is 0 Å². The Labute approximate surface area is 117 Å². The molecule has 2 atom stereocenters. The summed E-state index contributed by atoms with van der Waals surface area (Å²) in [6.07, 6.45) is 8.45. The second-order valence-corrected chi connectivity index (χ2v) is 7.25. The van der Waals surface area contributed by atoms with Crippen molar-refractivity contribution in [2.75, 3.05) is 0 Å². The van der Waals surface area contributed by atoms with E-state index in [-0.39, 0.29) is 11.7 Å². The number of hydrogen-bond acceptors (Lipinski definition) is 2. The molecule has 2 bridgehead atoms. The molecule has 0 aromatic carbocycles. The maximum Gasteiger partial charge on any atom is 0.410 e. The van der Waals surface area contributed by atoms with E-state index < -0.39 is 0 Å². The van der Waals surface area contributed by atoms with Gasteiger partial charge in [0, 0.05) is 12.1 Å². The molecule has 110 valence electrons. The zero-order chi connectivity index (χ0) is 14.0. The van der Waals surface area contributed by atoms with Gasteiger partial charge >= 0.3 is 6.09 Å². The second-order valence-electron chi connectivity index (χ2n) is 7.25. The maximum atomic E-state index is 12.4. The van der Waals surface area contributed by atoms with Gasteiger partial charge in [0.2, 0.25) is 0 Å². The first kappa shape index (κ1) is 14.7. The number of ether oxygens (including phenoxy) is 1. The van der Waals surface area contributed by atoms with Gasteiger partial charge in [-0.2, -0.15) is 0 Å². The van der Waals surface area contributed by atoms with Crippen LogP contribution in [0.1, 0.15) is 72.6 Å². The van der Waals surface area contributed by atoms with Crippen LogP contribution in [0.3, 0.4) is 0 Å². The van der Waals surface area contributed by atoms with Crippen molar-refractivity contribution in [1.82, 2.24) is 4.90 Å². The van der Waals surface area contributed by atoms with Crippen LogP contribution in [0, 0.1) is 5.92 Å². The van der Waals surface area contributed by atoms with Crippen molar-refractivity contribution in [2.45, 2.75) is 90.3 Å². The Morgan fingerprint density at radius 2 is 1.79 bits per heavy atom. The highest BCUT2D eigenvalue weighted by atomic mass is 16.6. The van der Waals surface area contributed by atoms with Crippen molar-refractivity contribution in [2.24, 2.45) is 5.92 Å². The van der Waals surface area contributed by atoms with Crippen LogP contribution in [0.5, 0.6) is 0 Å². The molecule has 19 heavy (non-hydrogen) atoms. The quantitative estimate of drug-likeness (QED) is 0.744. The summed E-state index contributed by atoms with van der Waals surface area (Å²) in [6, 6.07) is 0.859. The van der Waals surface area contributed by atoms with E-state index in [1.807, 2.05) is 20.8 Å². The second kappa shape index (κ2) is 5.72. The van der Waals surface area contributed by atoms with Crippen molar-refractivity contribution in [3.63, 3.8) is 0 Å². The lowest BCUT2D eigenvalue weighted by atomic mass is 9.77. The van der Waals surface area contributed by atoms with E-state index in [0.29, 0.717) is 12.1 Å². The Morgan fingerprint density at radius 1 is 1.21 bits per heavy atom. The summed E-state index contributed by atoms with van der Waals surface area (Å²) in [6.45, 7) is 8.11. The smallest absolute Gasteiger partial charge is 0.410 e. The molecule has 2 heterocycles. The number of amides is 1. The summed E-state index contributed by atoms with van der Waals surface area (Å²) in [7, 11) is 0. The summed E-state index contributed by atoms with van der Waals surface area (Å²) in [5.74, 6) is 0.819. The van der Waals surface area contributed by atoms with E-state index in [0.717, 1.165) is 18.8 Å². The third-order valence-electron chi connectivity index (χ3n) is 4.37. The normalized spacial score (nSPS) is 31.2. The molecule has 2 saturated heterocycles. The Balaban J connectivity index is 2.03. The molecule has 0 saturated carbocycles. The van der Waals surface area contributed by atoms with Crippen LogP contribution in [0.4, 0.5) is 4.79 Å². The summed E-state index contributed by atoms with van der Waals surface area (Å²) in [5.41, 5.74) is -0.383. The van der Waals surface area contributed by atoms with E-state index in [2.05, 4.69) is 11.8 Å². The predicted molar refractivity (Wildman–Crippen MR) is 77.1 cm³/mol. The third-order valence-corrected chi connectivity index (χ3v) is 4.37. The van der Waals surface area contributed by atoms with Gasteiger partial charge < -0.3 is 9.64 Å². The highest BCUT2D eigenvalue weighted by Gasteiger charge is 2.42. The van der Waals surface area contributed by atoms with Crippen LogP contribution < -0.4 is 0 Å². The first-order valence-electron chi connectivity index (χ1n) is 7.92. The van der Waals surface area contributed by atoms with Crippen LogP contribution >= 0.6 is 0 Å². The summed E-state index contributed by atoms with van der Waals surface area (Å²) < 4.78 is 5.60. The van der Waals surface area contributed by atoms with Crippen molar-refractivity contribution in [1.29, 1.82) is 0 Å². The van der Waals surface area contributed by atoms with Gasteiger partial charge in [-0.1, -0.05) is 19.8 Å². The lowest BCUT2D eigenvalue weighted by Gasteiger charge is -2.48. The largest absolute Gasteiger partial charge is 0.444 e. The van der Waals surface area contributed by atoms with E-state index in [1.54, 1.807) is 0 Å². The standard InChI is InChI=1S/C16H29NO2/c1-5-7-12-10-13-8-6-9-14(11-12)17(13)15(18)19-16(2,3)4/h12-14H,5-11H2,1-4H3. The molecule has 3 nitrogen and oxygen atoms in total. The fourth-order valence-corrected chi connectivity index (χ4v) is 3.75. The Kier molecular flexibility index (Phi) is 4.42. The average molecular weight is 267 g/mol. The van der Waals surface area contributed by atoms with Gasteiger partial charge in [-0.15, -0.1) is 0 Å². The number of fused-ring (bicyclic) bond motifs is 2. The Hall–Kier alpha value is -0.730. The zero-order valence-electron chi connectivity index (χ0n) is 12.9. The highest BCUT2D eigenvalue weighted by Crippen LogP contribution is 2.39. The molecular formula is C16H29NO2. The van der Waals surface area contributed by atoms with E-state index >= 15 is 0 Å². The minimum absolute atomic E-state index is 0.0860. The molecule has 1 amide bonds. The number of carbonyl (C=O) groups excluding carboxylic acids is 1. The summed E-state index contributed by atoms with van der Waals surface area (Å²) >= 11 is 0. The minimum Gasteiger partial charge on any atom is -0.444 e. The Bertz CT molecular complexity index is 307. The lowest BCUT2D eigenvalue weighted by molar-refractivity contribution is -0.0288. The average Bonchev–Trinajstić information content (AvgIpc) is 2.25. The highest BCUT2D eigenvalue weighted by molar-refractivity contribution is 5.69. The van der Waals surface area contributed by atoms with E-state index in [4.69, 9.17) is 4.74 Å². The lowest BCUT2D eigenvalue weighted by Crippen LogP contribution is -2.55. The number of carbonyl (C=O) groups is 1. The molecule has 0 spiro atoms. The van der Waals surface area contributed by atoms with Crippen LogP contribution in [-0.2, 0) is 4.74 Å². The number of hydrogen-bond donors (Lipinski definition) is 0. The third kappa shape index (κ3) is 3.64. The van der Waals surface area contributed by atoms with Crippen molar-refractivity contribution < 1.29 is 9.53 Å². The van der Waals surface area contributed by atoms with Crippen LogP contribution in [0.2, 0.25) is 0 Å². The fourth-order valence-electron chi connectivity index (χ4n) is 3.75. The zero-order valence-corrected chi connectivity index (χ0v) is 12.9. The van der Waals surface area contributed by atoms with Gasteiger partial charge in [-0.25, -0.2) is 4.79 Å². The molecule has 0 N–H and O–H groups in total. The number of nitrogens with zero attached hydrogens (tertiary/aromatic N) is 1. The molecule has 2 unspecified atom stereocenters. The fraction of sp³-hybridized carbons (Fsp3) is 0.938. The monoisotopic (exact) mass is 267 g/mol. The van der Waals surface area contributed by atoms with Crippen LogP contribution in [0.25, 0.3) is 0 Å². The topological polar surface area (TPSA) is 29.5 Å². The van der Waals surface area contributed by atoms with Crippen LogP contribution in [0.15, 0.2) is 0 Å².